The van der Waals surface area contributed by atoms with Gasteiger partial charge in [-0.25, -0.2) is 0 Å². The van der Waals surface area contributed by atoms with Gasteiger partial charge in [0.15, 0.2) is 0 Å². The summed E-state index contributed by atoms with van der Waals surface area (Å²) < 4.78 is 0. The van der Waals surface area contributed by atoms with Gasteiger partial charge in [0.05, 0.1) is 4.92 Å². The highest BCUT2D eigenvalue weighted by molar-refractivity contribution is 5.15. The van der Waals surface area contributed by atoms with Gasteiger partial charge < -0.3 is 0 Å². The molecule has 1 fully saturated rings. The van der Waals surface area contributed by atoms with Crippen molar-refractivity contribution >= 4 is 0 Å². The second-order valence-corrected chi connectivity index (χ2v) is 4.33. The quantitative estimate of drug-likeness (QED) is 0.594. The van der Waals surface area contributed by atoms with Crippen molar-refractivity contribution in [3.8, 4) is 0 Å². The number of benzene rings is 1. The van der Waals surface area contributed by atoms with Crippen molar-refractivity contribution in [2.75, 3.05) is 13.1 Å². The van der Waals surface area contributed by atoms with Gasteiger partial charge in [0.1, 0.15) is 0 Å². The lowest BCUT2D eigenvalue weighted by molar-refractivity contribution is -0.403. The van der Waals surface area contributed by atoms with Crippen LogP contribution in [0.3, 0.4) is 0 Å². The molecular formula is C13H16N2O2. The zero-order valence-corrected chi connectivity index (χ0v) is 9.71. The standard InChI is InChI=1S/C13H16N2O2/c16-15(17)11-13-6-8-14(9-7-13)10-12-4-2-1-3-5-12/h1-5,11H,6-10H2. The average molecular weight is 232 g/mol. The summed E-state index contributed by atoms with van der Waals surface area (Å²) in [6.07, 6.45) is 2.79. The zero-order chi connectivity index (χ0) is 12.1. The monoisotopic (exact) mass is 232 g/mol. The maximum Gasteiger partial charge on any atom is 0.233 e. The highest BCUT2D eigenvalue weighted by Gasteiger charge is 2.15. The molecule has 0 radical (unpaired) electrons. The molecule has 90 valence electrons. The van der Waals surface area contributed by atoms with Gasteiger partial charge in [-0.2, -0.15) is 0 Å². The number of piperidine rings is 1. The summed E-state index contributed by atoms with van der Waals surface area (Å²) in [5.41, 5.74) is 2.26. The Bertz CT molecular complexity index is 405. The first-order valence-corrected chi connectivity index (χ1v) is 5.83. The SMILES string of the molecule is O=[N+]([O-])C=C1CCN(Cc2ccccc2)CC1. The van der Waals surface area contributed by atoms with E-state index in [9.17, 15) is 10.1 Å². The van der Waals surface area contributed by atoms with Gasteiger partial charge in [-0.3, -0.25) is 15.0 Å². The van der Waals surface area contributed by atoms with Crippen LogP contribution in [0, 0.1) is 10.1 Å². The number of hydrogen-bond acceptors (Lipinski definition) is 3. The fourth-order valence-corrected chi connectivity index (χ4v) is 2.12. The Balaban J connectivity index is 1.86. The maximum atomic E-state index is 10.4. The van der Waals surface area contributed by atoms with Crippen LogP contribution < -0.4 is 0 Å². The molecule has 0 unspecified atom stereocenters. The van der Waals surface area contributed by atoms with Crippen LogP contribution >= 0.6 is 0 Å². The normalized spacial score (nSPS) is 16.8. The highest BCUT2D eigenvalue weighted by atomic mass is 16.6. The molecule has 4 heteroatoms. The van der Waals surface area contributed by atoms with Crippen molar-refractivity contribution in [2.24, 2.45) is 0 Å². The Kier molecular flexibility index (Phi) is 3.88. The summed E-state index contributed by atoms with van der Waals surface area (Å²) in [5.74, 6) is 0. The van der Waals surface area contributed by atoms with Crippen molar-refractivity contribution in [3.63, 3.8) is 0 Å². The number of nitrogens with zero attached hydrogens (tertiary/aromatic N) is 2. The minimum atomic E-state index is -0.345. The van der Waals surface area contributed by atoms with Gasteiger partial charge in [0, 0.05) is 25.2 Å². The molecule has 0 saturated carbocycles. The Morgan fingerprint density at radius 3 is 2.47 bits per heavy atom. The van der Waals surface area contributed by atoms with Crippen molar-refractivity contribution in [3.05, 3.63) is 57.8 Å². The number of rotatable bonds is 3. The molecule has 0 spiro atoms. The maximum absolute atomic E-state index is 10.4. The van der Waals surface area contributed by atoms with E-state index in [1.165, 1.54) is 11.8 Å². The van der Waals surface area contributed by atoms with E-state index in [2.05, 4.69) is 17.0 Å². The molecule has 0 aromatic heterocycles. The fourth-order valence-electron chi connectivity index (χ4n) is 2.12. The largest absolute Gasteiger partial charge is 0.298 e. The second kappa shape index (κ2) is 5.59. The first-order chi connectivity index (χ1) is 8.24. The summed E-state index contributed by atoms with van der Waals surface area (Å²) >= 11 is 0. The van der Waals surface area contributed by atoms with Gasteiger partial charge in [-0.05, 0) is 18.4 Å². The predicted molar refractivity (Wildman–Crippen MR) is 66.0 cm³/mol. The topological polar surface area (TPSA) is 46.4 Å². The average Bonchev–Trinajstić information content (AvgIpc) is 2.32. The third-order valence-corrected chi connectivity index (χ3v) is 3.04. The third kappa shape index (κ3) is 3.67. The van der Waals surface area contributed by atoms with Crippen molar-refractivity contribution in [1.29, 1.82) is 0 Å². The van der Waals surface area contributed by atoms with Crippen molar-refractivity contribution in [1.82, 2.24) is 4.90 Å². The summed E-state index contributed by atoms with van der Waals surface area (Å²) in [4.78, 5) is 12.4. The van der Waals surface area contributed by atoms with Gasteiger partial charge in [0.2, 0.25) is 6.20 Å². The van der Waals surface area contributed by atoms with Crippen LogP contribution in [0.5, 0.6) is 0 Å². The van der Waals surface area contributed by atoms with E-state index in [4.69, 9.17) is 0 Å². The molecule has 0 N–H and O–H groups in total. The van der Waals surface area contributed by atoms with Crippen LogP contribution in [-0.4, -0.2) is 22.9 Å². The molecule has 1 aliphatic rings. The van der Waals surface area contributed by atoms with Crippen molar-refractivity contribution in [2.45, 2.75) is 19.4 Å². The summed E-state index contributed by atoms with van der Waals surface area (Å²) in [6.45, 7) is 2.76. The zero-order valence-electron chi connectivity index (χ0n) is 9.71. The third-order valence-electron chi connectivity index (χ3n) is 3.04. The highest BCUT2D eigenvalue weighted by Crippen LogP contribution is 2.17. The number of likely N-dealkylation sites (tertiary alicyclic amines) is 1. The van der Waals surface area contributed by atoms with Crippen LogP contribution in [0.2, 0.25) is 0 Å². The number of nitro groups is 1. The molecule has 2 rings (SSSR count). The Morgan fingerprint density at radius 2 is 1.88 bits per heavy atom. The van der Waals surface area contributed by atoms with Gasteiger partial charge in [-0.1, -0.05) is 30.3 Å². The van der Waals surface area contributed by atoms with Gasteiger partial charge in [-0.15, -0.1) is 0 Å². The van der Waals surface area contributed by atoms with E-state index in [0.29, 0.717) is 0 Å². The molecule has 0 bridgehead atoms. The lowest BCUT2D eigenvalue weighted by Crippen LogP contribution is -2.30. The van der Waals surface area contributed by atoms with Crippen LogP contribution in [0.1, 0.15) is 18.4 Å². The van der Waals surface area contributed by atoms with E-state index in [0.717, 1.165) is 38.0 Å². The molecule has 1 aromatic carbocycles. The first-order valence-electron chi connectivity index (χ1n) is 5.83. The van der Waals surface area contributed by atoms with Gasteiger partial charge in [0.25, 0.3) is 0 Å². The number of hydrogen-bond donors (Lipinski definition) is 0. The lowest BCUT2D eigenvalue weighted by atomic mass is 10.0. The van der Waals surface area contributed by atoms with Crippen LogP contribution in [-0.2, 0) is 6.54 Å². The fraction of sp³-hybridized carbons (Fsp3) is 0.385. The lowest BCUT2D eigenvalue weighted by Gasteiger charge is -2.27. The minimum absolute atomic E-state index is 0.345. The first kappa shape index (κ1) is 11.8. The van der Waals surface area contributed by atoms with E-state index >= 15 is 0 Å². The summed E-state index contributed by atoms with van der Waals surface area (Å²) in [7, 11) is 0. The van der Waals surface area contributed by atoms with Crippen molar-refractivity contribution < 1.29 is 4.92 Å². The second-order valence-electron chi connectivity index (χ2n) is 4.33. The van der Waals surface area contributed by atoms with E-state index in [-0.39, 0.29) is 4.92 Å². The molecule has 1 aliphatic heterocycles. The molecule has 1 heterocycles. The Morgan fingerprint density at radius 1 is 1.24 bits per heavy atom. The molecule has 4 nitrogen and oxygen atoms in total. The van der Waals surface area contributed by atoms with Crippen LogP contribution in [0.4, 0.5) is 0 Å². The van der Waals surface area contributed by atoms with E-state index in [1.807, 2.05) is 18.2 Å². The Hall–Kier alpha value is -1.68. The summed E-state index contributed by atoms with van der Waals surface area (Å²) in [6, 6.07) is 10.3. The molecule has 0 aliphatic carbocycles. The van der Waals surface area contributed by atoms with E-state index < -0.39 is 0 Å². The predicted octanol–water partition coefficient (Wildman–Crippen LogP) is 2.44. The minimum Gasteiger partial charge on any atom is -0.298 e. The summed E-state index contributed by atoms with van der Waals surface area (Å²) in [5, 5.41) is 10.4. The molecule has 17 heavy (non-hydrogen) atoms. The van der Waals surface area contributed by atoms with Crippen LogP contribution in [0.15, 0.2) is 42.1 Å². The smallest absolute Gasteiger partial charge is 0.233 e. The Labute approximate surface area is 101 Å². The molecular weight excluding hydrogens is 216 g/mol. The molecule has 0 amide bonds. The molecule has 1 saturated heterocycles. The van der Waals surface area contributed by atoms with Gasteiger partial charge >= 0.3 is 0 Å². The van der Waals surface area contributed by atoms with E-state index in [1.54, 1.807) is 0 Å². The van der Waals surface area contributed by atoms with Crippen LogP contribution in [0.25, 0.3) is 0 Å². The molecule has 1 aromatic rings. The molecule has 0 atom stereocenters.